The summed E-state index contributed by atoms with van der Waals surface area (Å²) in [6, 6.07) is 20.4. The molecule has 10 nitrogen and oxygen atoms in total. The maximum absolute atomic E-state index is 12.7. The number of nitrogens with zero attached hydrogens (tertiary/aromatic N) is 3. The normalized spacial score (nSPS) is 14.3. The zero-order chi connectivity index (χ0) is 27.5. The van der Waals surface area contributed by atoms with Gasteiger partial charge in [0.15, 0.2) is 17.3 Å². The number of fused-ring (bicyclic) bond motifs is 1. The van der Waals surface area contributed by atoms with E-state index in [2.05, 4.69) is 5.32 Å². The van der Waals surface area contributed by atoms with Gasteiger partial charge in [0.25, 0.3) is 0 Å². The number of hydrogen-bond acceptors (Lipinski definition) is 8. The molecule has 3 N–H and O–H groups in total. The van der Waals surface area contributed by atoms with Crippen LogP contribution >= 0.6 is 0 Å². The Bertz CT molecular complexity index is 1520. The van der Waals surface area contributed by atoms with E-state index in [0.717, 1.165) is 11.1 Å². The fourth-order valence-electron chi connectivity index (χ4n) is 4.63. The number of amides is 1. The van der Waals surface area contributed by atoms with Gasteiger partial charge < -0.3 is 30.0 Å². The molecule has 10 heteroatoms. The minimum absolute atomic E-state index is 0.379. The molecule has 200 valence electrons. The third kappa shape index (κ3) is 4.96. The van der Waals surface area contributed by atoms with E-state index in [9.17, 15) is 4.79 Å². The molecule has 1 aliphatic rings. The van der Waals surface area contributed by atoms with Gasteiger partial charge in [0.2, 0.25) is 17.6 Å². The van der Waals surface area contributed by atoms with E-state index >= 15 is 0 Å². The van der Waals surface area contributed by atoms with Crippen molar-refractivity contribution in [3.05, 3.63) is 89.1 Å². The van der Waals surface area contributed by atoms with Gasteiger partial charge in [0.1, 0.15) is 18.4 Å². The molecular formula is C29H29N5O5. The maximum Gasteiger partial charge on any atom is 0.248 e. The highest BCUT2D eigenvalue weighted by Gasteiger charge is 2.34. The first-order chi connectivity index (χ1) is 18.9. The number of anilines is 1. The lowest BCUT2D eigenvalue weighted by molar-refractivity contribution is -0.115. The molecule has 1 amide bonds. The number of carbonyl (C=O) groups is 1. The molecule has 2 heterocycles. The summed E-state index contributed by atoms with van der Waals surface area (Å²) in [6.45, 7) is 2.20. The highest BCUT2D eigenvalue weighted by atomic mass is 16.5. The first-order valence-corrected chi connectivity index (χ1v) is 12.2. The van der Waals surface area contributed by atoms with E-state index in [1.807, 2.05) is 54.6 Å². The van der Waals surface area contributed by atoms with E-state index in [1.165, 1.54) is 0 Å². The molecule has 0 aliphatic carbocycles. The van der Waals surface area contributed by atoms with Gasteiger partial charge in [0, 0.05) is 11.3 Å². The van der Waals surface area contributed by atoms with Crippen LogP contribution in [0.4, 0.5) is 5.95 Å². The Morgan fingerprint density at radius 3 is 2.33 bits per heavy atom. The molecule has 39 heavy (non-hydrogen) atoms. The maximum atomic E-state index is 12.7. The molecule has 1 aromatic heterocycles. The summed E-state index contributed by atoms with van der Waals surface area (Å²) in [5.74, 6) is 2.36. The van der Waals surface area contributed by atoms with Crippen LogP contribution in [0.3, 0.4) is 0 Å². The van der Waals surface area contributed by atoms with Gasteiger partial charge in [-0.05, 0) is 42.3 Å². The summed E-state index contributed by atoms with van der Waals surface area (Å²) in [5.41, 5.74) is 9.31. The molecule has 0 saturated carbocycles. The van der Waals surface area contributed by atoms with Gasteiger partial charge in [-0.25, -0.2) is 4.68 Å². The van der Waals surface area contributed by atoms with E-state index in [-0.39, 0.29) is 0 Å². The van der Waals surface area contributed by atoms with Crippen molar-refractivity contribution in [2.24, 2.45) is 5.73 Å². The first-order valence-electron chi connectivity index (χ1n) is 12.2. The monoisotopic (exact) mass is 527 g/mol. The number of nitrogens with one attached hydrogen (secondary N) is 1. The second-order valence-corrected chi connectivity index (χ2v) is 8.89. The van der Waals surface area contributed by atoms with Crippen molar-refractivity contribution < 1.29 is 23.7 Å². The topological polar surface area (TPSA) is 123 Å². The van der Waals surface area contributed by atoms with Crippen molar-refractivity contribution >= 4 is 11.9 Å². The summed E-state index contributed by atoms with van der Waals surface area (Å²) in [4.78, 5) is 17.4. The zero-order valence-electron chi connectivity index (χ0n) is 22.1. The van der Waals surface area contributed by atoms with Crippen molar-refractivity contribution in [2.75, 3.05) is 26.6 Å². The fourth-order valence-corrected chi connectivity index (χ4v) is 4.63. The lowest BCUT2D eigenvalue weighted by Crippen LogP contribution is -2.31. The SMILES string of the molecule is COc1cc(-c2nc3n(n2)C(c2cccc(OCc4ccccc4)c2)C(C(N)=O)=C(C)N3)cc(OC)c1OC. The Hall–Kier alpha value is -4.99. The third-order valence-electron chi connectivity index (χ3n) is 6.46. The van der Waals surface area contributed by atoms with E-state index < -0.39 is 11.9 Å². The van der Waals surface area contributed by atoms with Crippen LogP contribution in [0.15, 0.2) is 78.0 Å². The van der Waals surface area contributed by atoms with Crippen molar-refractivity contribution in [3.63, 3.8) is 0 Å². The molecule has 3 aromatic carbocycles. The number of hydrogen-bond donors (Lipinski definition) is 2. The van der Waals surface area contributed by atoms with Crippen LogP contribution in [0.1, 0.15) is 24.1 Å². The average Bonchev–Trinajstić information content (AvgIpc) is 3.38. The second kappa shape index (κ2) is 10.8. The van der Waals surface area contributed by atoms with Gasteiger partial charge >= 0.3 is 0 Å². The number of aromatic nitrogens is 3. The van der Waals surface area contributed by atoms with Gasteiger partial charge in [0.05, 0.1) is 26.9 Å². The quantitative estimate of drug-likeness (QED) is 0.330. The van der Waals surface area contributed by atoms with Crippen molar-refractivity contribution in [1.82, 2.24) is 14.8 Å². The molecule has 0 radical (unpaired) electrons. The first kappa shape index (κ1) is 25.7. The molecule has 1 aliphatic heterocycles. The lowest BCUT2D eigenvalue weighted by atomic mass is 9.95. The number of ether oxygens (including phenoxy) is 4. The van der Waals surface area contributed by atoms with Crippen LogP contribution in [-0.4, -0.2) is 42.0 Å². The van der Waals surface area contributed by atoms with Gasteiger partial charge in [-0.15, -0.1) is 5.10 Å². The van der Waals surface area contributed by atoms with Gasteiger partial charge in [-0.2, -0.15) is 4.98 Å². The van der Waals surface area contributed by atoms with Crippen molar-refractivity contribution in [2.45, 2.75) is 19.6 Å². The molecule has 0 fully saturated rings. The van der Waals surface area contributed by atoms with Crippen LogP contribution in [-0.2, 0) is 11.4 Å². The Morgan fingerprint density at radius 1 is 0.974 bits per heavy atom. The van der Waals surface area contributed by atoms with Crippen LogP contribution in [0, 0.1) is 0 Å². The van der Waals surface area contributed by atoms with Crippen LogP contribution in [0.2, 0.25) is 0 Å². The molecule has 1 unspecified atom stereocenters. The Morgan fingerprint density at radius 2 is 1.69 bits per heavy atom. The summed E-state index contributed by atoms with van der Waals surface area (Å²) in [5, 5.41) is 7.96. The summed E-state index contributed by atoms with van der Waals surface area (Å²) in [6.07, 6.45) is 0. The molecule has 0 saturated heterocycles. The van der Waals surface area contributed by atoms with Crippen LogP contribution in [0.5, 0.6) is 23.0 Å². The fraction of sp³-hybridized carbons (Fsp3) is 0.207. The number of rotatable bonds is 9. The number of allylic oxidation sites excluding steroid dienone is 1. The minimum Gasteiger partial charge on any atom is -0.493 e. The Balaban J connectivity index is 1.56. The predicted octanol–water partition coefficient (Wildman–Crippen LogP) is 4.32. The lowest BCUT2D eigenvalue weighted by Gasteiger charge is -2.27. The van der Waals surface area contributed by atoms with E-state index in [4.69, 9.17) is 34.8 Å². The van der Waals surface area contributed by atoms with Crippen molar-refractivity contribution in [3.8, 4) is 34.4 Å². The van der Waals surface area contributed by atoms with Crippen molar-refractivity contribution in [1.29, 1.82) is 0 Å². The molecule has 0 bridgehead atoms. The second-order valence-electron chi connectivity index (χ2n) is 8.89. The molecular weight excluding hydrogens is 498 g/mol. The number of methoxy groups -OCH3 is 3. The van der Waals surface area contributed by atoms with Crippen LogP contribution in [0.25, 0.3) is 11.4 Å². The highest BCUT2D eigenvalue weighted by molar-refractivity contribution is 5.95. The summed E-state index contributed by atoms with van der Waals surface area (Å²) in [7, 11) is 4.63. The number of primary amides is 1. The summed E-state index contributed by atoms with van der Waals surface area (Å²) < 4.78 is 24.1. The molecule has 0 spiro atoms. The third-order valence-corrected chi connectivity index (χ3v) is 6.46. The molecule has 4 aromatic rings. The smallest absolute Gasteiger partial charge is 0.248 e. The zero-order valence-corrected chi connectivity index (χ0v) is 22.1. The van der Waals surface area contributed by atoms with Gasteiger partial charge in [-0.1, -0.05) is 42.5 Å². The highest BCUT2D eigenvalue weighted by Crippen LogP contribution is 2.42. The number of benzene rings is 3. The minimum atomic E-state index is -0.623. The van der Waals surface area contributed by atoms with Gasteiger partial charge in [-0.3, -0.25) is 4.79 Å². The van der Waals surface area contributed by atoms with E-state index in [1.54, 1.807) is 45.1 Å². The summed E-state index contributed by atoms with van der Waals surface area (Å²) >= 11 is 0. The largest absolute Gasteiger partial charge is 0.493 e. The van der Waals surface area contributed by atoms with E-state index in [0.29, 0.717) is 58.2 Å². The Labute approximate surface area is 226 Å². The number of carbonyl (C=O) groups excluding carboxylic acids is 1. The Kier molecular flexibility index (Phi) is 7.09. The molecule has 1 atom stereocenters. The molecule has 5 rings (SSSR count). The average molecular weight is 528 g/mol. The predicted molar refractivity (Wildman–Crippen MR) is 146 cm³/mol. The number of nitrogens with two attached hydrogens (primary N) is 1. The van der Waals surface area contributed by atoms with Crippen LogP contribution < -0.4 is 30.0 Å². The standard InChI is InChI=1S/C29H29N5O5/c1-17-24(27(30)35)25(19-11-8-12-21(13-19)39-16-18-9-6-5-7-10-18)34-29(31-17)32-28(33-34)20-14-22(36-2)26(38-4)23(15-20)37-3/h5-15,25H,16H2,1-4H3,(H2,30,35)(H,31,32,33).